The number of carbonyl (C=O) groups is 2. The third-order valence-electron chi connectivity index (χ3n) is 5.85. The highest BCUT2D eigenvalue weighted by atomic mass is 32.1. The fraction of sp³-hybridized carbons (Fsp3) is 0.500. The number of likely N-dealkylation sites (tertiary alicyclic amines) is 1. The van der Waals surface area contributed by atoms with Crippen molar-refractivity contribution in [3.05, 3.63) is 47.0 Å². The van der Waals surface area contributed by atoms with Gasteiger partial charge in [-0.05, 0) is 48.6 Å². The summed E-state index contributed by atoms with van der Waals surface area (Å²) in [4.78, 5) is 27.2. The standard InChI is InChI=1S/C22H26FN5O3S/c23-17-5-2-1-4-16(17)21(22(31)14-7-8-14)27-11-9-18(32)15(13-27)12-19-24-26-28(25-19)10-3-6-20(29)30/h1-2,4-5,12,14,18,21,32H,3,6-11,13H2,(H,29,30)/b15-12-. The topological polar surface area (TPSA) is 101 Å². The highest BCUT2D eigenvalue weighted by Crippen LogP contribution is 2.39. The van der Waals surface area contributed by atoms with Crippen LogP contribution in [0.15, 0.2) is 29.8 Å². The molecular weight excluding hydrogens is 433 g/mol. The van der Waals surface area contributed by atoms with E-state index in [1.165, 1.54) is 10.9 Å². The Kier molecular flexibility index (Phi) is 7.00. The molecule has 2 fully saturated rings. The van der Waals surface area contributed by atoms with Crippen molar-refractivity contribution >= 4 is 30.5 Å². The van der Waals surface area contributed by atoms with Crippen LogP contribution in [0.2, 0.25) is 0 Å². The van der Waals surface area contributed by atoms with Crippen molar-refractivity contribution in [3.63, 3.8) is 0 Å². The van der Waals surface area contributed by atoms with Gasteiger partial charge in [0.25, 0.3) is 0 Å². The molecule has 8 nitrogen and oxygen atoms in total. The van der Waals surface area contributed by atoms with Crippen LogP contribution < -0.4 is 0 Å². The highest BCUT2D eigenvalue weighted by molar-refractivity contribution is 7.81. The normalized spacial score (nSPS) is 21.6. The lowest BCUT2D eigenvalue weighted by atomic mass is 9.93. The number of halogens is 1. The van der Waals surface area contributed by atoms with Crippen molar-refractivity contribution in [2.45, 2.75) is 49.9 Å². The van der Waals surface area contributed by atoms with Crippen molar-refractivity contribution < 1.29 is 19.1 Å². The molecule has 0 radical (unpaired) electrons. The predicted octanol–water partition coefficient (Wildman–Crippen LogP) is 2.78. The maximum Gasteiger partial charge on any atom is 0.303 e. The van der Waals surface area contributed by atoms with Crippen molar-refractivity contribution in [2.24, 2.45) is 5.92 Å². The molecule has 1 aromatic carbocycles. The first-order chi connectivity index (χ1) is 15.4. The van der Waals surface area contributed by atoms with E-state index in [9.17, 15) is 14.0 Å². The molecule has 1 saturated heterocycles. The number of aromatic nitrogens is 4. The summed E-state index contributed by atoms with van der Waals surface area (Å²) in [6.45, 7) is 1.46. The lowest BCUT2D eigenvalue weighted by Crippen LogP contribution is -2.42. The van der Waals surface area contributed by atoms with Gasteiger partial charge in [0.2, 0.25) is 0 Å². The van der Waals surface area contributed by atoms with E-state index in [0.29, 0.717) is 43.9 Å². The Morgan fingerprint density at radius 2 is 2.06 bits per heavy atom. The summed E-state index contributed by atoms with van der Waals surface area (Å²) in [7, 11) is 0. The van der Waals surface area contributed by atoms with Crippen LogP contribution in [0.1, 0.15) is 49.5 Å². The smallest absolute Gasteiger partial charge is 0.303 e. The van der Waals surface area contributed by atoms with E-state index in [-0.39, 0.29) is 29.2 Å². The zero-order chi connectivity index (χ0) is 22.7. The third kappa shape index (κ3) is 5.42. The van der Waals surface area contributed by atoms with Crippen LogP contribution in [0.4, 0.5) is 4.39 Å². The van der Waals surface area contributed by atoms with Crippen LogP contribution >= 0.6 is 12.6 Å². The molecule has 0 bridgehead atoms. The van der Waals surface area contributed by atoms with Gasteiger partial charge in [-0.15, -0.1) is 10.2 Å². The maximum atomic E-state index is 14.6. The predicted molar refractivity (Wildman–Crippen MR) is 118 cm³/mol. The van der Waals surface area contributed by atoms with Crippen molar-refractivity contribution in [1.29, 1.82) is 0 Å². The number of Topliss-reactive ketones (excluding diaryl/α,β-unsaturated/α-hetero) is 1. The number of hydrogen-bond acceptors (Lipinski definition) is 7. The fourth-order valence-electron chi connectivity index (χ4n) is 4.02. The van der Waals surface area contributed by atoms with Crippen LogP contribution in [0.5, 0.6) is 0 Å². The molecular formula is C22H26FN5O3S. The van der Waals surface area contributed by atoms with Crippen LogP contribution in [0.3, 0.4) is 0 Å². The molecule has 32 heavy (non-hydrogen) atoms. The Morgan fingerprint density at radius 1 is 1.28 bits per heavy atom. The minimum absolute atomic E-state index is 0.00753. The van der Waals surface area contributed by atoms with E-state index in [4.69, 9.17) is 17.7 Å². The number of ketones is 1. The number of piperidine rings is 1. The molecule has 1 aliphatic carbocycles. The number of carboxylic acid groups (broad SMARTS) is 1. The van der Waals surface area contributed by atoms with Crippen molar-refractivity contribution in [3.8, 4) is 0 Å². The Labute approximate surface area is 190 Å². The van der Waals surface area contributed by atoms with E-state index >= 15 is 0 Å². The van der Waals surface area contributed by atoms with Gasteiger partial charge in [0.1, 0.15) is 5.82 Å². The van der Waals surface area contributed by atoms with Gasteiger partial charge >= 0.3 is 5.97 Å². The number of aliphatic carboxylic acids is 1. The summed E-state index contributed by atoms with van der Waals surface area (Å²) in [5.74, 6) is -0.733. The van der Waals surface area contributed by atoms with Gasteiger partial charge in [0, 0.05) is 36.2 Å². The quantitative estimate of drug-likeness (QED) is 0.556. The molecule has 4 rings (SSSR count). The number of thiol groups is 1. The molecule has 10 heteroatoms. The SMILES string of the molecule is O=C(O)CCCn1nnc(/C=C2/CN(C(C(=O)C3CC3)c3ccccc3F)CCC2S)n1. The Hall–Kier alpha value is -2.59. The number of benzene rings is 1. The zero-order valence-corrected chi connectivity index (χ0v) is 18.5. The highest BCUT2D eigenvalue weighted by Gasteiger charge is 2.40. The second kappa shape index (κ2) is 9.91. The second-order valence-electron chi connectivity index (χ2n) is 8.34. The fourth-order valence-corrected chi connectivity index (χ4v) is 4.29. The van der Waals surface area contributed by atoms with Crippen LogP contribution in [-0.2, 0) is 16.1 Å². The molecule has 2 aromatic rings. The molecule has 1 aromatic heterocycles. The first-order valence-corrected chi connectivity index (χ1v) is 11.3. The number of nitrogens with zero attached hydrogens (tertiary/aromatic N) is 5. The second-order valence-corrected chi connectivity index (χ2v) is 8.96. The van der Waals surface area contributed by atoms with E-state index < -0.39 is 12.0 Å². The Bertz CT molecular complexity index is 1020. The number of carbonyl (C=O) groups excluding carboxylic acids is 1. The summed E-state index contributed by atoms with van der Waals surface area (Å²) < 4.78 is 14.6. The average molecular weight is 460 g/mol. The average Bonchev–Trinajstić information content (AvgIpc) is 3.52. The third-order valence-corrected chi connectivity index (χ3v) is 6.44. The summed E-state index contributed by atoms with van der Waals surface area (Å²) >= 11 is 4.69. The number of rotatable bonds is 9. The molecule has 2 aliphatic rings. The van der Waals surface area contributed by atoms with Gasteiger partial charge in [0.05, 0.1) is 12.6 Å². The van der Waals surface area contributed by atoms with Gasteiger partial charge in [-0.3, -0.25) is 14.5 Å². The molecule has 2 heterocycles. The zero-order valence-electron chi connectivity index (χ0n) is 17.6. The van der Waals surface area contributed by atoms with E-state index in [1.54, 1.807) is 18.2 Å². The monoisotopic (exact) mass is 459 g/mol. The van der Waals surface area contributed by atoms with Crippen molar-refractivity contribution in [1.82, 2.24) is 25.1 Å². The molecule has 170 valence electrons. The van der Waals surface area contributed by atoms with Gasteiger partial charge in [0.15, 0.2) is 11.6 Å². The largest absolute Gasteiger partial charge is 0.481 e. The maximum absolute atomic E-state index is 14.6. The first-order valence-electron chi connectivity index (χ1n) is 10.8. The van der Waals surface area contributed by atoms with Gasteiger partial charge in [-0.2, -0.15) is 17.4 Å². The molecule has 0 amide bonds. The summed E-state index contributed by atoms with van der Waals surface area (Å²) in [6, 6.07) is 5.87. The van der Waals surface area contributed by atoms with E-state index in [0.717, 1.165) is 18.4 Å². The molecule has 1 saturated carbocycles. The number of carboxylic acids is 1. The number of hydrogen-bond donors (Lipinski definition) is 2. The Balaban J connectivity index is 1.52. The summed E-state index contributed by atoms with van der Waals surface area (Å²) in [5, 5.41) is 21.0. The molecule has 0 spiro atoms. The summed E-state index contributed by atoms with van der Waals surface area (Å²) in [6.07, 6.45) is 4.71. The molecule has 1 aliphatic heterocycles. The van der Waals surface area contributed by atoms with Gasteiger partial charge in [-0.25, -0.2) is 4.39 Å². The Morgan fingerprint density at radius 3 is 2.78 bits per heavy atom. The van der Waals surface area contributed by atoms with Crippen molar-refractivity contribution in [2.75, 3.05) is 13.1 Å². The van der Waals surface area contributed by atoms with Crippen LogP contribution in [0.25, 0.3) is 6.08 Å². The lowest BCUT2D eigenvalue weighted by Gasteiger charge is -2.37. The molecule has 1 N–H and O–H groups in total. The minimum Gasteiger partial charge on any atom is -0.481 e. The molecule has 2 unspecified atom stereocenters. The molecule has 2 atom stereocenters. The number of tetrazole rings is 1. The first kappa shape index (κ1) is 22.6. The number of aryl methyl sites for hydroxylation is 1. The van der Waals surface area contributed by atoms with E-state index in [1.807, 2.05) is 11.0 Å². The summed E-state index contributed by atoms with van der Waals surface area (Å²) in [5.41, 5.74) is 1.36. The van der Waals surface area contributed by atoms with Gasteiger partial charge < -0.3 is 5.11 Å². The van der Waals surface area contributed by atoms with Gasteiger partial charge in [-0.1, -0.05) is 18.2 Å². The van der Waals surface area contributed by atoms with Crippen LogP contribution in [0, 0.1) is 11.7 Å². The minimum atomic E-state index is -0.863. The van der Waals surface area contributed by atoms with E-state index in [2.05, 4.69) is 15.4 Å². The van der Waals surface area contributed by atoms with Crippen LogP contribution in [-0.4, -0.2) is 60.3 Å². The lowest BCUT2D eigenvalue weighted by molar-refractivity contribution is -0.137.